The zero-order valence-electron chi connectivity index (χ0n) is 18.0. The molecule has 3 N–H and O–H groups in total. The number of alkyl halides is 3. The van der Waals surface area contributed by atoms with E-state index in [0.717, 1.165) is 51.1 Å². The van der Waals surface area contributed by atoms with Crippen LogP contribution in [-0.2, 0) is 10.9 Å². The third kappa shape index (κ3) is 8.83. The van der Waals surface area contributed by atoms with Gasteiger partial charge in [0.15, 0.2) is 5.96 Å². The van der Waals surface area contributed by atoms with Gasteiger partial charge in [-0.05, 0) is 55.9 Å². The molecule has 1 fully saturated rings. The first-order chi connectivity index (χ1) is 14.3. The summed E-state index contributed by atoms with van der Waals surface area (Å²) in [5.74, 6) is 0.269. The van der Waals surface area contributed by atoms with Gasteiger partial charge < -0.3 is 20.7 Å². The van der Waals surface area contributed by atoms with Crippen LogP contribution >= 0.6 is 24.0 Å². The fourth-order valence-electron chi connectivity index (χ4n) is 3.34. The van der Waals surface area contributed by atoms with Crippen molar-refractivity contribution >= 4 is 35.8 Å². The summed E-state index contributed by atoms with van der Waals surface area (Å²) < 4.78 is 43.0. The largest absolute Gasteiger partial charge is 0.416 e. The number of rotatable bonds is 10. The van der Waals surface area contributed by atoms with E-state index in [-0.39, 0.29) is 35.0 Å². The molecule has 0 aromatic heterocycles. The lowest BCUT2D eigenvalue weighted by molar-refractivity contribution is -0.137. The Morgan fingerprint density at radius 2 is 1.77 bits per heavy atom. The Bertz CT molecular complexity index is 708. The minimum absolute atomic E-state index is 0. The summed E-state index contributed by atoms with van der Waals surface area (Å²) in [6.45, 7) is 4.92. The molecule has 0 aliphatic heterocycles. The summed E-state index contributed by atoms with van der Waals surface area (Å²) in [6.07, 6.45) is 0.113. The number of nitrogens with one attached hydrogen (secondary N) is 3. The highest BCUT2D eigenvalue weighted by Gasteiger charge is 2.36. The van der Waals surface area contributed by atoms with Crippen molar-refractivity contribution in [3.8, 4) is 0 Å². The minimum Gasteiger partial charge on any atom is -0.385 e. The maximum absolute atomic E-state index is 12.6. The van der Waals surface area contributed by atoms with Gasteiger partial charge in [-0.1, -0.05) is 6.42 Å². The topological polar surface area (TPSA) is 74.8 Å². The number of benzene rings is 1. The number of methoxy groups -OCH3 is 1. The van der Waals surface area contributed by atoms with Crippen molar-refractivity contribution in [2.45, 2.75) is 38.8 Å². The quantitative estimate of drug-likeness (QED) is 0.177. The molecule has 1 saturated carbocycles. The van der Waals surface area contributed by atoms with Crippen molar-refractivity contribution < 1.29 is 22.7 Å². The molecule has 0 spiro atoms. The van der Waals surface area contributed by atoms with E-state index in [1.807, 2.05) is 6.92 Å². The van der Waals surface area contributed by atoms with E-state index in [9.17, 15) is 18.0 Å². The van der Waals surface area contributed by atoms with Crippen LogP contribution in [0.5, 0.6) is 0 Å². The fraction of sp³-hybridized carbons (Fsp3) is 0.619. The predicted octanol–water partition coefficient (Wildman–Crippen LogP) is 3.82. The Kier molecular flexibility index (Phi) is 11.6. The van der Waals surface area contributed by atoms with Gasteiger partial charge in [0.1, 0.15) is 0 Å². The van der Waals surface area contributed by atoms with Crippen molar-refractivity contribution in [3.63, 3.8) is 0 Å². The maximum Gasteiger partial charge on any atom is 0.416 e. The lowest BCUT2D eigenvalue weighted by Gasteiger charge is -2.40. The molecule has 176 valence electrons. The summed E-state index contributed by atoms with van der Waals surface area (Å²) in [5.41, 5.74) is -0.370. The molecule has 1 amide bonds. The molecule has 6 nitrogen and oxygen atoms in total. The second-order valence-corrected chi connectivity index (χ2v) is 7.55. The number of hydrogen-bond acceptors (Lipinski definition) is 3. The van der Waals surface area contributed by atoms with Crippen LogP contribution in [0.3, 0.4) is 0 Å². The molecule has 0 radical (unpaired) electrons. The van der Waals surface area contributed by atoms with E-state index < -0.39 is 17.6 Å². The van der Waals surface area contributed by atoms with Crippen molar-refractivity contribution in [3.05, 3.63) is 35.4 Å². The number of guanidine groups is 1. The van der Waals surface area contributed by atoms with Gasteiger partial charge in [0.05, 0.1) is 5.56 Å². The van der Waals surface area contributed by atoms with Gasteiger partial charge in [0.25, 0.3) is 5.91 Å². The van der Waals surface area contributed by atoms with Gasteiger partial charge in [-0.3, -0.25) is 9.79 Å². The highest BCUT2D eigenvalue weighted by Crippen LogP contribution is 2.44. The maximum atomic E-state index is 12.6. The predicted molar refractivity (Wildman–Crippen MR) is 126 cm³/mol. The van der Waals surface area contributed by atoms with Crippen LogP contribution in [0.4, 0.5) is 13.2 Å². The van der Waals surface area contributed by atoms with E-state index in [1.165, 1.54) is 18.6 Å². The molecule has 10 heteroatoms. The number of carbonyl (C=O) groups is 1. The van der Waals surface area contributed by atoms with Crippen LogP contribution < -0.4 is 16.0 Å². The molecule has 1 aromatic rings. The van der Waals surface area contributed by atoms with E-state index in [0.29, 0.717) is 19.0 Å². The van der Waals surface area contributed by atoms with Crippen molar-refractivity contribution in [2.24, 2.45) is 10.4 Å². The van der Waals surface area contributed by atoms with Crippen molar-refractivity contribution in [1.82, 2.24) is 16.0 Å². The molecule has 1 aliphatic rings. The monoisotopic (exact) mass is 556 g/mol. The molecule has 0 heterocycles. The lowest BCUT2D eigenvalue weighted by atomic mass is 9.67. The van der Waals surface area contributed by atoms with Gasteiger partial charge >= 0.3 is 6.18 Å². The first-order valence-corrected chi connectivity index (χ1v) is 10.3. The SMILES string of the molecule is CCNC(=NCC1(CCOC)CCC1)NCCNC(=O)c1ccc(C(F)(F)F)cc1.I. The summed E-state index contributed by atoms with van der Waals surface area (Å²) in [4.78, 5) is 16.8. The van der Waals surface area contributed by atoms with Crippen LogP contribution in [0.1, 0.15) is 48.5 Å². The number of hydrogen-bond donors (Lipinski definition) is 3. The van der Waals surface area contributed by atoms with E-state index in [2.05, 4.69) is 20.9 Å². The first kappa shape index (κ1) is 27.5. The van der Waals surface area contributed by atoms with Gasteiger partial charge in [-0.25, -0.2) is 0 Å². The van der Waals surface area contributed by atoms with E-state index in [1.54, 1.807) is 7.11 Å². The zero-order valence-corrected chi connectivity index (χ0v) is 20.3. The number of nitrogens with zero attached hydrogens (tertiary/aromatic N) is 1. The lowest BCUT2D eigenvalue weighted by Crippen LogP contribution is -2.43. The Hall–Kier alpha value is -1.56. The first-order valence-electron chi connectivity index (χ1n) is 10.3. The van der Waals surface area contributed by atoms with Crippen LogP contribution in [-0.4, -0.2) is 51.8 Å². The number of halogens is 4. The Labute approximate surface area is 198 Å². The highest BCUT2D eigenvalue weighted by atomic mass is 127. The number of amides is 1. The second-order valence-electron chi connectivity index (χ2n) is 7.55. The second kappa shape index (κ2) is 13.1. The van der Waals surface area contributed by atoms with Gasteiger partial charge in [-0.15, -0.1) is 24.0 Å². The third-order valence-electron chi connectivity index (χ3n) is 5.34. The van der Waals surface area contributed by atoms with Crippen molar-refractivity contribution in [2.75, 3.05) is 39.9 Å². The molecule has 31 heavy (non-hydrogen) atoms. The summed E-state index contributed by atoms with van der Waals surface area (Å²) >= 11 is 0. The van der Waals surface area contributed by atoms with Gasteiger partial charge in [0.2, 0.25) is 0 Å². The molecule has 0 atom stereocenters. The average Bonchev–Trinajstić information content (AvgIpc) is 2.69. The standard InChI is InChI=1S/C21H31F3N4O2.HI/c1-3-25-19(28-15-20(9-4-10-20)11-14-30-2)27-13-12-26-18(29)16-5-7-17(8-6-16)21(22,23)24;/h5-8H,3-4,9-15H2,1-2H3,(H,26,29)(H2,25,27,28);1H. The molecular weight excluding hydrogens is 524 g/mol. The normalized spacial score (nSPS) is 15.5. The van der Waals surface area contributed by atoms with Crippen LogP contribution in [0, 0.1) is 5.41 Å². The average molecular weight is 556 g/mol. The summed E-state index contributed by atoms with van der Waals surface area (Å²) in [6, 6.07) is 4.16. The van der Waals surface area contributed by atoms with Crippen LogP contribution in [0.15, 0.2) is 29.3 Å². The molecule has 0 bridgehead atoms. The highest BCUT2D eigenvalue weighted by molar-refractivity contribution is 14.0. The summed E-state index contributed by atoms with van der Waals surface area (Å²) in [7, 11) is 1.71. The number of ether oxygens (including phenoxy) is 1. The Balaban J connectivity index is 0.00000480. The molecule has 2 rings (SSSR count). The molecular formula is C21H32F3IN4O2. The van der Waals surface area contributed by atoms with E-state index >= 15 is 0 Å². The molecule has 1 aromatic carbocycles. The van der Waals surface area contributed by atoms with E-state index in [4.69, 9.17) is 4.74 Å². The Morgan fingerprint density at radius 3 is 2.29 bits per heavy atom. The zero-order chi connectivity index (χ0) is 22.0. The fourth-order valence-corrected chi connectivity index (χ4v) is 3.34. The summed E-state index contributed by atoms with van der Waals surface area (Å²) in [5, 5.41) is 9.06. The number of aliphatic imine (C=N–C) groups is 1. The minimum atomic E-state index is -4.41. The molecule has 0 unspecified atom stereocenters. The van der Waals surface area contributed by atoms with Gasteiger partial charge in [-0.2, -0.15) is 13.2 Å². The van der Waals surface area contributed by atoms with Crippen LogP contribution in [0.25, 0.3) is 0 Å². The third-order valence-corrected chi connectivity index (χ3v) is 5.34. The molecule has 1 aliphatic carbocycles. The Morgan fingerprint density at radius 1 is 1.13 bits per heavy atom. The van der Waals surface area contributed by atoms with Gasteiger partial charge in [0, 0.05) is 45.5 Å². The van der Waals surface area contributed by atoms with Crippen molar-refractivity contribution in [1.29, 1.82) is 0 Å². The number of carbonyl (C=O) groups excluding carboxylic acids is 1. The molecule has 0 saturated heterocycles. The van der Waals surface area contributed by atoms with Crippen LogP contribution in [0.2, 0.25) is 0 Å². The smallest absolute Gasteiger partial charge is 0.385 e.